The Morgan fingerprint density at radius 1 is 1.40 bits per heavy atom. The largest absolute Gasteiger partial charge is 0.496 e. The van der Waals surface area contributed by atoms with Crippen LogP contribution in [0.15, 0.2) is 35.2 Å². The molecule has 0 spiro atoms. The minimum Gasteiger partial charge on any atom is -0.496 e. The Morgan fingerprint density at radius 3 is 2.75 bits per heavy atom. The Balaban J connectivity index is 2.34. The van der Waals surface area contributed by atoms with E-state index in [1.54, 1.807) is 13.4 Å². The number of nitrogens with two attached hydrogens (primary N) is 1. The molecule has 0 aliphatic rings. The molecule has 4 nitrogen and oxygen atoms in total. The maximum atomic E-state index is 6.28. The molecule has 20 heavy (non-hydrogen) atoms. The summed E-state index contributed by atoms with van der Waals surface area (Å²) in [6.45, 7) is 4.34. The van der Waals surface area contributed by atoms with Gasteiger partial charge in [0.15, 0.2) is 0 Å². The Bertz CT molecular complexity index is 580. The number of rotatable bonds is 5. The van der Waals surface area contributed by atoms with Crippen LogP contribution in [0.4, 0.5) is 0 Å². The van der Waals surface area contributed by atoms with E-state index in [0.717, 1.165) is 28.0 Å². The summed E-state index contributed by atoms with van der Waals surface area (Å²) in [6, 6.07) is 5.92. The molecule has 1 aromatic heterocycles. The number of hydrogen-bond donors (Lipinski definition) is 1. The normalized spacial score (nSPS) is 12.7. The number of hydrogen-bond acceptors (Lipinski definition) is 3. The fraction of sp³-hybridized carbons (Fsp3) is 0.400. The van der Waals surface area contributed by atoms with E-state index in [1.807, 2.05) is 29.0 Å². The van der Waals surface area contributed by atoms with Gasteiger partial charge in [-0.05, 0) is 46.5 Å². The number of benzene rings is 1. The molecule has 2 N–H and O–H groups in total. The first-order chi connectivity index (χ1) is 9.52. The molecule has 2 rings (SSSR count). The number of halogens is 1. The predicted octanol–water partition coefficient (Wildman–Crippen LogP) is 3.69. The number of nitrogens with zero attached hydrogens (tertiary/aromatic N) is 2. The Kier molecular flexibility index (Phi) is 4.83. The maximum absolute atomic E-state index is 6.28. The molecule has 0 saturated heterocycles. The van der Waals surface area contributed by atoms with Crippen molar-refractivity contribution in [3.05, 3.63) is 40.9 Å². The van der Waals surface area contributed by atoms with Gasteiger partial charge in [-0.25, -0.2) is 4.98 Å². The summed E-state index contributed by atoms with van der Waals surface area (Å²) in [4.78, 5) is 4.24. The van der Waals surface area contributed by atoms with Crippen LogP contribution in [0, 0.1) is 5.92 Å². The van der Waals surface area contributed by atoms with E-state index in [1.165, 1.54) is 0 Å². The first kappa shape index (κ1) is 15.1. The summed E-state index contributed by atoms with van der Waals surface area (Å²) in [5.74, 6) is 1.36. The number of methoxy groups -OCH3 is 1. The van der Waals surface area contributed by atoms with Gasteiger partial charge in [-0.1, -0.05) is 13.8 Å². The third kappa shape index (κ3) is 3.22. The molecule has 0 bridgehead atoms. The lowest BCUT2D eigenvalue weighted by atomic mass is 10.0. The first-order valence-corrected chi connectivity index (χ1v) is 7.44. The topological polar surface area (TPSA) is 53.1 Å². The van der Waals surface area contributed by atoms with Crippen LogP contribution >= 0.6 is 15.9 Å². The van der Waals surface area contributed by atoms with Gasteiger partial charge in [0.25, 0.3) is 0 Å². The van der Waals surface area contributed by atoms with Crippen molar-refractivity contribution in [1.29, 1.82) is 0 Å². The van der Waals surface area contributed by atoms with Gasteiger partial charge in [0, 0.05) is 11.7 Å². The molecule has 0 fully saturated rings. The van der Waals surface area contributed by atoms with Crippen molar-refractivity contribution in [2.75, 3.05) is 7.11 Å². The standard InChI is InChI=1S/C15H20BrN3O/c1-10(2)6-13(17)14-8-18-9-19(14)11-4-5-15(20-3)12(16)7-11/h4-5,7-10,13H,6,17H2,1-3H3. The molecule has 0 aliphatic heterocycles. The van der Waals surface area contributed by atoms with Gasteiger partial charge in [0.05, 0.1) is 29.8 Å². The molecular formula is C15H20BrN3O. The van der Waals surface area contributed by atoms with E-state index < -0.39 is 0 Å². The van der Waals surface area contributed by atoms with Crippen LogP contribution in [0.5, 0.6) is 5.75 Å². The summed E-state index contributed by atoms with van der Waals surface area (Å²) in [7, 11) is 1.65. The van der Waals surface area contributed by atoms with E-state index >= 15 is 0 Å². The number of aromatic nitrogens is 2. The Hall–Kier alpha value is -1.33. The van der Waals surface area contributed by atoms with Crippen molar-refractivity contribution in [2.24, 2.45) is 11.7 Å². The van der Waals surface area contributed by atoms with Gasteiger partial charge in [-0.2, -0.15) is 0 Å². The van der Waals surface area contributed by atoms with Crippen LogP contribution in [0.25, 0.3) is 5.69 Å². The third-order valence-electron chi connectivity index (χ3n) is 3.19. The second-order valence-corrected chi connectivity index (χ2v) is 6.10. The molecular weight excluding hydrogens is 318 g/mol. The molecule has 5 heteroatoms. The number of ether oxygens (including phenoxy) is 1. The van der Waals surface area contributed by atoms with E-state index in [0.29, 0.717) is 5.92 Å². The third-order valence-corrected chi connectivity index (χ3v) is 3.81. The smallest absolute Gasteiger partial charge is 0.133 e. The van der Waals surface area contributed by atoms with E-state index in [-0.39, 0.29) is 6.04 Å². The average molecular weight is 338 g/mol. The van der Waals surface area contributed by atoms with Crippen LogP contribution in [0.2, 0.25) is 0 Å². The van der Waals surface area contributed by atoms with Gasteiger partial charge in [-0.15, -0.1) is 0 Å². The van der Waals surface area contributed by atoms with Crippen molar-refractivity contribution in [3.8, 4) is 11.4 Å². The Morgan fingerprint density at radius 2 is 2.15 bits per heavy atom. The summed E-state index contributed by atoms with van der Waals surface area (Å²) in [6.07, 6.45) is 4.57. The Labute approximate surface area is 128 Å². The van der Waals surface area contributed by atoms with Crippen LogP contribution in [-0.2, 0) is 0 Å². The van der Waals surface area contributed by atoms with E-state index in [2.05, 4.69) is 34.8 Å². The van der Waals surface area contributed by atoms with Crippen LogP contribution in [0.1, 0.15) is 32.0 Å². The molecule has 0 aliphatic carbocycles. The van der Waals surface area contributed by atoms with Crippen LogP contribution < -0.4 is 10.5 Å². The lowest BCUT2D eigenvalue weighted by Gasteiger charge is -2.17. The minimum absolute atomic E-state index is 0.0154. The maximum Gasteiger partial charge on any atom is 0.133 e. The zero-order valence-corrected chi connectivity index (χ0v) is 13.6. The lowest BCUT2D eigenvalue weighted by molar-refractivity contribution is 0.412. The molecule has 1 unspecified atom stereocenters. The van der Waals surface area contributed by atoms with Crippen LogP contribution in [-0.4, -0.2) is 16.7 Å². The second-order valence-electron chi connectivity index (χ2n) is 5.24. The zero-order valence-electron chi connectivity index (χ0n) is 12.0. The average Bonchev–Trinajstić information content (AvgIpc) is 2.87. The molecule has 0 radical (unpaired) electrons. The first-order valence-electron chi connectivity index (χ1n) is 6.64. The van der Waals surface area contributed by atoms with Gasteiger partial charge in [0.2, 0.25) is 0 Å². The molecule has 1 heterocycles. The summed E-state index contributed by atoms with van der Waals surface area (Å²) >= 11 is 3.50. The van der Waals surface area contributed by atoms with Gasteiger partial charge < -0.3 is 15.0 Å². The quantitative estimate of drug-likeness (QED) is 0.905. The van der Waals surface area contributed by atoms with Gasteiger partial charge in [-0.3, -0.25) is 0 Å². The SMILES string of the molecule is COc1ccc(-n2cncc2C(N)CC(C)C)cc1Br. The van der Waals surface area contributed by atoms with Crippen LogP contribution in [0.3, 0.4) is 0 Å². The summed E-state index contributed by atoms with van der Waals surface area (Å²) in [5.41, 5.74) is 8.32. The molecule has 1 atom stereocenters. The molecule has 1 aromatic carbocycles. The summed E-state index contributed by atoms with van der Waals surface area (Å²) < 4.78 is 8.19. The predicted molar refractivity (Wildman–Crippen MR) is 84.2 cm³/mol. The fourth-order valence-electron chi connectivity index (χ4n) is 2.23. The molecule has 0 amide bonds. The molecule has 2 aromatic rings. The van der Waals surface area contributed by atoms with Gasteiger partial charge >= 0.3 is 0 Å². The van der Waals surface area contributed by atoms with Crippen molar-refractivity contribution in [2.45, 2.75) is 26.3 Å². The lowest BCUT2D eigenvalue weighted by Crippen LogP contribution is -2.16. The second kappa shape index (κ2) is 6.41. The van der Waals surface area contributed by atoms with Crippen molar-refractivity contribution in [3.63, 3.8) is 0 Å². The molecule has 0 saturated carbocycles. The monoisotopic (exact) mass is 337 g/mol. The summed E-state index contributed by atoms with van der Waals surface area (Å²) in [5, 5.41) is 0. The van der Waals surface area contributed by atoms with Gasteiger partial charge in [0.1, 0.15) is 5.75 Å². The highest BCUT2D eigenvalue weighted by atomic mass is 79.9. The van der Waals surface area contributed by atoms with E-state index in [9.17, 15) is 0 Å². The minimum atomic E-state index is -0.0154. The van der Waals surface area contributed by atoms with Crippen molar-refractivity contribution in [1.82, 2.24) is 9.55 Å². The zero-order chi connectivity index (χ0) is 14.7. The highest BCUT2D eigenvalue weighted by Gasteiger charge is 2.14. The number of imidazole rings is 1. The highest BCUT2D eigenvalue weighted by Crippen LogP contribution is 2.29. The highest BCUT2D eigenvalue weighted by molar-refractivity contribution is 9.10. The van der Waals surface area contributed by atoms with E-state index in [4.69, 9.17) is 10.5 Å². The fourth-order valence-corrected chi connectivity index (χ4v) is 2.76. The molecule has 108 valence electrons. The van der Waals surface area contributed by atoms with Crippen molar-refractivity contribution >= 4 is 15.9 Å². The van der Waals surface area contributed by atoms with Crippen molar-refractivity contribution < 1.29 is 4.74 Å².